The number of hydrogen-bond donors (Lipinski definition) is 1. The molecule has 1 aromatic carbocycles. The molecular formula is C19H26N2OS. The van der Waals surface area contributed by atoms with Gasteiger partial charge in [-0.2, -0.15) is 17.0 Å². The molecule has 0 bridgehead atoms. The molecule has 1 heterocycles. The Morgan fingerprint density at radius 3 is 2.91 bits per heavy atom. The van der Waals surface area contributed by atoms with Crippen LogP contribution < -0.4 is 5.32 Å². The van der Waals surface area contributed by atoms with E-state index in [1.54, 1.807) is 0 Å². The third kappa shape index (κ3) is 5.16. The minimum atomic E-state index is 0.230. The molecule has 1 saturated heterocycles. The monoisotopic (exact) mass is 330 g/mol. The van der Waals surface area contributed by atoms with E-state index in [2.05, 4.69) is 47.4 Å². The van der Waals surface area contributed by atoms with Crippen molar-refractivity contribution in [3.63, 3.8) is 0 Å². The predicted octanol–water partition coefficient (Wildman–Crippen LogP) is 4.59. The molecule has 0 radical (unpaired) electrons. The molecule has 0 amide bonds. The molecule has 0 aromatic heterocycles. The Bertz CT molecular complexity index is 536. The first kappa shape index (κ1) is 16.7. The molecule has 1 aliphatic heterocycles. The molecule has 4 heteroatoms. The van der Waals surface area contributed by atoms with E-state index in [4.69, 9.17) is 10.00 Å². The zero-order chi connectivity index (χ0) is 15.9. The Morgan fingerprint density at radius 1 is 1.22 bits per heavy atom. The molecule has 2 fully saturated rings. The van der Waals surface area contributed by atoms with Crippen molar-refractivity contribution in [2.24, 2.45) is 5.92 Å². The number of benzene rings is 1. The summed E-state index contributed by atoms with van der Waals surface area (Å²) in [6, 6.07) is 11.7. The summed E-state index contributed by atoms with van der Waals surface area (Å²) < 4.78 is 5.43. The molecule has 2 aliphatic rings. The van der Waals surface area contributed by atoms with Crippen molar-refractivity contribution < 1.29 is 4.74 Å². The van der Waals surface area contributed by atoms with Gasteiger partial charge in [0.05, 0.1) is 6.07 Å². The minimum Gasteiger partial charge on any atom is -0.382 e. The van der Waals surface area contributed by atoms with Crippen LogP contribution >= 0.6 is 11.8 Å². The minimum absolute atomic E-state index is 0.230. The maximum absolute atomic E-state index is 9.12. The second kappa shape index (κ2) is 8.61. The van der Waals surface area contributed by atoms with Crippen molar-refractivity contribution in [3.05, 3.63) is 29.8 Å². The molecule has 1 N–H and O–H groups in total. The Morgan fingerprint density at radius 2 is 2.09 bits per heavy atom. The highest BCUT2D eigenvalue weighted by Gasteiger charge is 2.21. The van der Waals surface area contributed by atoms with E-state index in [-0.39, 0.29) is 5.92 Å². The maximum Gasteiger partial charge on any atom is 0.0656 e. The van der Waals surface area contributed by atoms with Crippen molar-refractivity contribution in [2.75, 3.05) is 18.5 Å². The summed E-state index contributed by atoms with van der Waals surface area (Å²) in [5.74, 6) is 1.31. The number of ether oxygens (including phenoxy) is 1. The third-order valence-electron chi connectivity index (χ3n) is 4.81. The number of thioether (sulfide) groups is 1. The third-order valence-corrected chi connectivity index (χ3v) is 6.25. The molecule has 2 atom stereocenters. The molecule has 1 aromatic rings. The molecule has 0 spiro atoms. The summed E-state index contributed by atoms with van der Waals surface area (Å²) >= 11 is 2.06. The van der Waals surface area contributed by atoms with Gasteiger partial charge in [0.25, 0.3) is 0 Å². The summed E-state index contributed by atoms with van der Waals surface area (Å²) in [6.45, 7) is 1.84. The van der Waals surface area contributed by atoms with Crippen molar-refractivity contribution >= 4 is 17.4 Å². The smallest absolute Gasteiger partial charge is 0.0656 e. The van der Waals surface area contributed by atoms with Crippen LogP contribution in [-0.2, 0) is 10.5 Å². The summed E-state index contributed by atoms with van der Waals surface area (Å²) in [7, 11) is 0. The Hall–Kier alpha value is -1.18. The highest BCUT2D eigenvalue weighted by Crippen LogP contribution is 2.28. The number of nitriles is 1. The topological polar surface area (TPSA) is 45.0 Å². The van der Waals surface area contributed by atoms with Crippen molar-refractivity contribution in [1.29, 1.82) is 5.26 Å². The first-order valence-corrected chi connectivity index (χ1v) is 9.83. The number of hydrogen-bond acceptors (Lipinski definition) is 4. The van der Waals surface area contributed by atoms with Crippen LogP contribution in [0.5, 0.6) is 0 Å². The molecular weight excluding hydrogens is 304 g/mol. The first-order valence-electron chi connectivity index (χ1n) is 8.78. The lowest BCUT2D eigenvalue weighted by atomic mass is 9.86. The van der Waals surface area contributed by atoms with Crippen LogP contribution in [0.4, 0.5) is 5.69 Å². The first-order chi connectivity index (χ1) is 11.3. The van der Waals surface area contributed by atoms with Gasteiger partial charge in [-0.05, 0) is 49.8 Å². The largest absolute Gasteiger partial charge is 0.382 e. The summed E-state index contributed by atoms with van der Waals surface area (Å²) in [5.41, 5.74) is 2.60. The van der Waals surface area contributed by atoms with Crippen LogP contribution in [0, 0.1) is 17.2 Å². The van der Waals surface area contributed by atoms with Crippen LogP contribution in [0.1, 0.15) is 44.1 Å². The number of nitrogens with zero attached hydrogens (tertiary/aromatic N) is 1. The van der Waals surface area contributed by atoms with Gasteiger partial charge in [0, 0.05) is 41.9 Å². The van der Waals surface area contributed by atoms with Gasteiger partial charge in [0.2, 0.25) is 0 Å². The predicted molar refractivity (Wildman–Crippen MR) is 96.6 cm³/mol. The van der Waals surface area contributed by atoms with Gasteiger partial charge < -0.3 is 10.1 Å². The molecule has 0 unspecified atom stereocenters. The SMILES string of the molecule is N#C[C@@H]1CCC[C@@H](Nc2cccc(CSC3CCOCC3)c2)C1. The number of nitrogens with one attached hydrogen (secondary N) is 1. The van der Waals surface area contributed by atoms with Gasteiger partial charge >= 0.3 is 0 Å². The lowest BCUT2D eigenvalue weighted by Crippen LogP contribution is -2.26. The van der Waals surface area contributed by atoms with E-state index in [0.29, 0.717) is 6.04 Å². The maximum atomic E-state index is 9.12. The fourth-order valence-electron chi connectivity index (χ4n) is 3.48. The molecule has 1 saturated carbocycles. The van der Waals surface area contributed by atoms with Gasteiger partial charge in [0.1, 0.15) is 0 Å². The van der Waals surface area contributed by atoms with E-state index in [9.17, 15) is 0 Å². The van der Waals surface area contributed by atoms with Crippen LogP contribution in [0.15, 0.2) is 24.3 Å². The fraction of sp³-hybridized carbons (Fsp3) is 0.632. The van der Waals surface area contributed by atoms with Gasteiger partial charge in [-0.15, -0.1) is 0 Å². The van der Waals surface area contributed by atoms with Crippen LogP contribution in [0.3, 0.4) is 0 Å². The van der Waals surface area contributed by atoms with E-state index in [0.717, 1.165) is 43.5 Å². The van der Waals surface area contributed by atoms with Gasteiger partial charge in [-0.3, -0.25) is 0 Å². The van der Waals surface area contributed by atoms with Gasteiger partial charge in [-0.25, -0.2) is 0 Å². The highest BCUT2D eigenvalue weighted by molar-refractivity contribution is 7.99. The lowest BCUT2D eigenvalue weighted by Gasteiger charge is -2.27. The second-order valence-electron chi connectivity index (χ2n) is 6.66. The Labute approximate surface area is 143 Å². The quantitative estimate of drug-likeness (QED) is 0.857. The van der Waals surface area contributed by atoms with Crippen LogP contribution in [-0.4, -0.2) is 24.5 Å². The normalized spacial score (nSPS) is 25.7. The average Bonchev–Trinajstić information content (AvgIpc) is 2.61. The standard InChI is InChI=1S/C19H26N2OS/c20-13-15-3-1-5-17(11-15)21-18-6-2-4-16(12-18)14-23-19-7-9-22-10-8-19/h2,4,6,12,15,17,19,21H,1,3,5,7-11,14H2/t15-,17-/m1/s1. The van der Waals surface area contributed by atoms with E-state index in [1.165, 1.54) is 30.5 Å². The molecule has 3 rings (SSSR count). The second-order valence-corrected chi connectivity index (χ2v) is 7.95. The van der Waals surface area contributed by atoms with E-state index in [1.807, 2.05) is 0 Å². The van der Waals surface area contributed by atoms with Gasteiger partial charge in [-0.1, -0.05) is 18.6 Å². The van der Waals surface area contributed by atoms with E-state index >= 15 is 0 Å². The number of rotatable bonds is 5. The average molecular weight is 330 g/mol. The highest BCUT2D eigenvalue weighted by atomic mass is 32.2. The van der Waals surface area contributed by atoms with Crippen molar-refractivity contribution in [1.82, 2.24) is 0 Å². The lowest BCUT2D eigenvalue weighted by molar-refractivity contribution is 0.1000. The summed E-state index contributed by atoms with van der Waals surface area (Å²) in [4.78, 5) is 0. The molecule has 23 heavy (non-hydrogen) atoms. The van der Waals surface area contributed by atoms with Gasteiger partial charge in [0.15, 0.2) is 0 Å². The number of anilines is 1. The summed E-state index contributed by atoms with van der Waals surface area (Å²) in [5, 5.41) is 13.5. The van der Waals surface area contributed by atoms with Crippen LogP contribution in [0.25, 0.3) is 0 Å². The van der Waals surface area contributed by atoms with Crippen molar-refractivity contribution in [2.45, 2.75) is 55.6 Å². The molecule has 124 valence electrons. The van der Waals surface area contributed by atoms with E-state index < -0.39 is 0 Å². The Balaban J connectivity index is 1.51. The molecule has 1 aliphatic carbocycles. The Kier molecular flexibility index (Phi) is 6.24. The fourth-order valence-corrected chi connectivity index (χ4v) is 4.61. The van der Waals surface area contributed by atoms with Crippen LogP contribution in [0.2, 0.25) is 0 Å². The zero-order valence-corrected chi connectivity index (χ0v) is 14.5. The van der Waals surface area contributed by atoms with Crippen molar-refractivity contribution in [3.8, 4) is 6.07 Å². The summed E-state index contributed by atoms with van der Waals surface area (Å²) in [6.07, 6.45) is 6.75. The zero-order valence-electron chi connectivity index (χ0n) is 13.7. The molecule has 3 nitrogen and oxygen atoms in total.